The summed E-state index contributed by atoms with van der Waals surface area (Å²) in [5, 5.41) is 1.43. The topological polar surface area (TPSA) is 65.0 Å². The van der Waals surface area contributed by atoms with E-state index in [1.165, 1.54) is 11.0 Å². The number of ether oxygens (including phenoxy) is 1. The van der Waals surface area contributed by atoms with Crippen LogP contribution < -0.4 is 14.5 Å². The van der Waals surface area contributed by atoms with Crippen LogP contribution in [-0.4, -0.2) is 89.3 Å². The third kappa shape index (κ3) is 5.75. The first kappa shape index (κ1) is 31.9. The van der Waals surface area contributed by atoms with Crippen LogP contribution in [0, 0.1) is 5.82 Å². The molecule has 8 nitrogen and oxygen atoms in total. The quantitative estimate of drug-likeness (QED) is 0.233. The van der Waals surface area contributed by atoms with Gasteiger partial charge in [-0.1, -0.05) is 36.4 Å². The van der Waals surface area contributed by atoms with E-state index in [1.54, 1.807) is 11.0 Å². The Morgan fingerprint density at radius 3 is 2.57 bits per heavy atom. The van der Waals surface area contributed by atoms with Crippen molar-refractivity contribution in [3.05, 3.63) is 64.8 Å². The fraction of sp³-hybridized carbons (Fsp3) is 0.485. The van der Waals surface area contributed by atoms with E-state index < -0.39 is 35.3 Å². The number of hydrogen-bond acceptors (Lipinski definition) is 7. The number of fused-ring (bicyclic) bond motifs is 3. The average Bonchev–Trinajstić information content (AvgIpc) is 3.63. The lowest BCUT2D eigenvalue weighted by Gasteiger charge is -2.38. The molecule has 5 heterocycles. The lowest BCUT2D eigenvalue weighted by atomic mass is 9.95. The maximum atomic E-state index is 14.6. The van der Waals surface area contributed by atoms with Gasteiger partial charge >= 0.3 is 12.2 Å². The standard InChI is InChI=1S/C33H34ClF5N6O2/c1-20(35)30(46)43-16-14-42(15-17-43)29-22-9-13-44(25-5-2-4-21-6-7-23(36)28(34)27(21)25)18-24(22)40-31(41-29)47-19-32-10-3-12-45(32)26(8-11-32)33(37,38)39/h2,4-7,26H,1,3,8-19H2. The molecular formula is C33H34ClF5N6O2. The fourth-order valence-corrected chi connectivity index (χ4v) is 8.08. The lowest BCUT2D eigenvalue weighted by molar-refractivity contribution is -0.182. The van der Waals surface area contributed by atoms with Gasteiger partial charge in [0.1, 0.15) is 24.3 Å². The highest BCUT2D eigenvalue weighted by atomic mass is 35.5. The minimum atomic E-state index is -4.31. The van der Waals surface area contributed by atoms with Crippen molar-refractivity contribution in [2.75, 3.05) is 55.7 Å². The number of carbonyl (C=O) groups excluding carboxylic acids is 1. The van der Waals surface area contributed by atoms with E-state index in [4.69, 9.17) is 26.3 Å². The molecule has 47 heavy (non-hydrogen) atoms. The zero-order chi connectivity index (χ0) is 33.1. The number of amides is 1. The first-order valence-electron chi connectivity index (χ1n) is 15.8. The molecule has 2 atom stereocenters. The van der Waals surface area contributed by atoms with Crippen molar-refractivity contribution in [1.29, 1.82) is 0 Å². The maximum absolute atomic E-state index is 14.6. The Balaban J connectivity index is 1.20. The van der Waals surface area contributed by atoms with Crippen LogP contribution in [0.2, 0.25) is 5.02 Å². The van der Waals surface area contributed by atoms with Gasteiger partial charge < -0.3 is 19.4 Å². The van der Waals surface area contributed by atoms with Gasteiger partial charge in [0, 0.05) is 49.4 Å². The fourth-order valence-electron chi connectivity index (χ4n) is 7.81. The zero-order valence-electron chi connectivity index (χ0n) is 25.6. The van der Waals surface area contributed by atoms with Gasteiger partial charge in [-0.3, -0.25) is 9.69 Å². The van der Waals surface area contributed by atoms with Gasteiger partial charge in [-0.2, -0.15) is 23.1 Å². The first-order chi connectivity index (χ1) is 22.4. The monoisotopic (exact) mass is 676 g/mol. The highest BCUT2D eigenvalue weighted by Crippen LogP contribution is 2.47. The molecule has 0 bridgehead atoms. The van der Waals surface area contributed by atoms with Crippen LogP contribution in [0.3, 0.4) is 0 Å². The molecular weight excluding hydrogens is 643 g/mol. The molecule has 3 aromatic rings. The number of hydrogen-bond donors (Lipinski definition) is 0. The molecule has 0 radical (unpaired) electrons. The van der Waals surface area contributed by atoms with E-state index in [2.05, 4.69) is 11.5 Å². The summed E-state index contributed by atoms with van der Waals surface area (Å²) in [6.45, 7) is 5.70. The van der Waals surface area contributed by atoms with E-state index in [9.17, 15) is 26.7 Å². The number of anilines is 2. The third-order valence-corrected chi connectivity index (χ3v) is 10.5. The summed E-state index contributed by atoms with van der Waals surface area (Å²) in [5.74, 6) is -1.65. The Morgan fingerprint density at radius 1 is 1.04 bits per heavy atom. The maximum Gasteiger partial charge on any atom is 0.404 e. The molecule has 1 amide bonds. The minimum Gasteiger partial charge on any atom is -0.461 e. The number of benzene rings is 2. The van der Waals surface area contributed by atoms with Gasteiger partial charge in [0.25, 0.3) is 5.91 Å². The van der Waals surface area contributed by atoms with E-state index in [0.717, 1.165) is 16.6 Å². The predicted octanol–water partition coefficient (Wildman–Crippen LogP) is 6.05. The number of nitrogens with zero attached hydrogens (tertiary/aromatic N) is 6. The summed E-state index contributed by atoms with van der Waals surface area (Å²) in [5.41, 5.74) is 1.58. The van der Waals surface area contributed by atoms with Crippen molar-refractivity contribution in [2.24, 2.45) is 0 Å². The molecule has 0 N–H and O–H groups in total. The lowest BCUT2D eigenvalue weighted by Crippen LogP contribution is -2.51. The highest BCUT2D eigenvalue weighted by molar-refractivity contribution is 6.36. The Kier molecular flexibility index (Phi) is 8.18. The van der Waals surface area contributed by atoms with Crippen LogP contribution in [0.5, 0.6) is 6.01 Å². The second-order valence-corrected chi connectivity index (χ2v) is 13.1. The number of alkyl halides is 3. The molecule has 1 aromatic heterocycles. The SMILES string of the molecule is C=C(F)C(=O)N1CCN(c2nc(OCC34CCCN3C(C(F)(F)F)CC4)nc3c2CCN(c2cccc4ccc(F)c(Cl)c24)C3)CC1. The summed E-state index contributed by atoms with van der Waals surface area (Å²) in [6.07, 6.45) is -2.11. The zero-order valence-corrected chi connectivity index (χ0v) is 26.4. The van der Waals surface area contributed by atoms with Crippen molar-refractivity contribution in [2.45, 2.75) is 56.4 Å². The summed E-state index contributed by atoms with van der Waals surface area (Å²) in [6, 6.07) is 7.25. The second-order valence-electron chi connectivity index (χ2n) is 12.8. The summed E-state index contributed by atoms with van der Waals surface area (Å²) < 4.78 is 75.8. The summed E-state index contributed by atoms with van der Waals surface area (Å²) in [4.78, 5) is 28.8. The Bertz CT molecular complexity index is 1730. The van der Waals surface area contributed by atoms with E-state index in [0.29, 0.717) is 75.3 Å². The van der Waals surface area contributed by atoms with Gasteiger partial charge in [-0.05, 0) is 56.2 Å². The number of halogens is 6. The van der Waals surface area contributed by atoms with Crippen molar-refractivity contribution < 1.29 is 31.5 Å². The molecule has 0 saturated carbocycles. The van der Waals surface area contributed by atoms with Crippen LogP contribution >= 0.6 is 11.6 Å². The number of aromatic nitrogens is 2. The van der Waals surface area contributed by atoms with Gasteiger partial charge in [0.05, 0.1) is 22.8 Å². The molecule has 4 aliphatic heterocycles. The average molecular weight is 677 g/mol. The molecule has 2 aromatic carbocycles. The van der Waals surface area contributed by atoms with E-state index >= 15 is 0 Å². The van der Waals surface area contributed by atoms with Crippen LogP contribution in [0.25, 0.3) is 10.8 Å². The minimum absolute atomic E-state index is 0.0284. The first-order valence-corrected chi connectivity index (χ1v) is 16.2. The Hall–Kier alpha value is -3.71. The normalized spacial score (nSPS) is 23.3. The summed E-state index contributed by atoms with van der Waals surface area (Å²) in [7, 11) is 0. The molecule has 3 fully saturated rings. The molecule has 7 rings (SSSR count). The van der Waals surface area contributed by atoms with Crippen LogP contribution in [-0.2, 0) is 17.8 Å². The third-order valence-electron chi connectivity index (χ3n) is 10.1. The Labute approximate surface area is 273 Å². The number of rotatable bonds is 6. The van der Waals surface area contributed by atoms with Crippen LogP contribution in [0.1, 0.15) is 36.9 Å². The molecule has 14 heteroatoms. The smallest absolute Gasteiger partial charge is 0.404 e. The molecule has 0 spiro atoms. The van der Waals surface area contributed by atoms with E-state index in [1.807, 2.05) is 23.1 Å². The Morgan fingerprint density at radius 2 is 1.83 bits per heavy atom. The van der Waals surface area contributed by atoms with Gasteiger partial charge in [0.15, 0.2) is 5.83 Å². The molecule has 0 aliphatic carbocycles. The van der Waals surface area contributed by atoms with Crippen molar-refractivity contribution >= 4 is 39.8 Å². The van der Waals surface area contributed by atoms with Crippen molar-refractivity contribution in [1.82, 2.24) is 19.8 Å². The molecule has 2 unspecified atom stereocenters. The van der Waals surface area contributed by atoms with Gasteiger partial charge in [-0.15, -0.1) is 0 Å². The molecule has 4 aliphatic rings. The largest absolute Gasteiger partial charge is 0.461 e. The van der Waals surface area contributed by atoms with Gasteiger partial charge in [-0.25, -0.2) is 8.78 Å². The second kappa shape index (κ2) is 12.1. The van der Waals surface area contributed by atoms with Crippen molar-refractivity contribution in [3.63, 3.8) is 0 Å². The van der Waals surface area contributed by atoms with E-state index in [-0.39, 0.29) is 37.2 Å². The number of carbonyl (C=O) groups is 1. The highest BCUT2D eigenvalue weighted by Gasteiger charge is 2.58. The molecule has 250 valence electrons. The predicted molar refractivity (Wildman–Crippen MR) is 168 cm³/mol. The van der Waals surface area contributed by atoms with Crippen LogP contribution in [0.15, 0.2) is 42.7 Å². The van der Waals surface area contributed by atoms with Crippen LogP contribution in [0.4, 0.5) is 33.5 Å². The molecule has 3 saturated heterocycles. The summed E-state index contributed by atoms with van der Waals surface area (Å²) >= 11 is 6.46. The number of piperazine rings is 1. The van der Waals surface area contributed by atoms with Gasteiger partial charge in [0.2, 0.25) is 0 Å². The van der Waals surface area contributed by atoms with Crippen molar-refractivity contribution in [3.8, 4) is 6.01 Å².